The van der Waals surface area contributed by atoms with E-state index in [2.05, 4.69) is 18.2 Å². The van der Waals surface area contributed by atoms with E-state index in [-0.39, 0.29) is 11.6 Å². The monoisotopic (exact) mass is 273 g/mol. The van der Waals surface area contributed by atoms with Crippen LogP contribution in [0.1, 0.15) is 63.0 Å². The molecule has 2 saturated carbocycles. The zero-order valence-corrected chi connectivity index (χ0v) is 11.9. The Balaban J connectivity index is 1.57. The third kappa shape index (κ3) is 2.08. The summed E-state index contributed by atoms with van der Waals surface area (Å²) in [5.74, 6) is 1.90. The van der Waals surface area contributed by atoms with Crippen LogP contribution in [0.5, 0.6) is 11.5 Å². The molecule has 2 aliphatic carbocycles. The van der Waals surface area contributed by atoms with Crippen LogP contribution in [-0.2, 0) is 0 Å². The lowest BCUT2D eigenvalue weighted by Crippen LogP contribution is -2.48. The smallest absolute Gasteiger partial charge is 0.128 e. The summed E-state index contributed by atoms with van der Waals surface area (Å²) in [6.07, 6.45) is 9.86. The Morgan fingerprint density at radius 2 is 1.95 bits per heavy atom. The van der Waals surface area contributed by atoms with Gasteiger partial charge in [-0.25, -0.2) is 0 Å². The summed E-state index contributed by atoms with van der Waals surface area (Å²) in [6, 6.07) is 6.32. The van der Waals surface area contributed by atoms with Crippen LogP contribution in [0, 0.1) is 0 Å². The minimum atomic E-state index is 0.0262. The Bertz CT molecular complexity index is 504. The van der Waals surface area contributed by atoms with Crippen LogP contribution in [0.15, 0.2) is 18.2 Å². The van der Waals surface area contributed by atoms with Crippen LogP contribution in [-0.4, -0.2) is 11.7 Å². The molecule has 1 aromatic carbocycles. The number of nitrogens with two attached hydrogens (primary N) is 1. The zero-order valence-electron chi connectivity index (χ0n) is 11.9. The topological polar surface area (TPSA) is 44.5 Å². The van der Waals surface area contributed by atoms with E-state index in [1.807, 2.05) is 0 Å². The van der Waals surface area contributed by atoms with Gasteiger partial charge >= 0.3 is 0 Å². The molecule has 0 saturated heterocycles. The SMILES string of the molecule is NC1CC2(CCC2)Oc2cc(OC3CCCC3)ccc21. The largest absolute Gasteiger partial charge is 0.490 e. The lowest BCUT2D eigenvalue weighted by atomic mass is 9.73. The second-order valence-corrected chi connectivity index (χ2v) is 6.67. The summed E-state index contributed by atoms with van der Waals surface area (Å²) in [4.78, 5) is 0. The van der Waals surface area contributed by atoms with Crippen molar-refractivity contribution < 1.29 is 9.47 Å². The molecule has 1 spiro atoms. The highest BCUT2D eigenvalue weighted by Crippen LogP contribution is 2.48. The average molecular weight is 273 g/mol. The van der Waals surface area contributed by atoms with E-state index >= 15 is 0 Å². The highest BCUT2D eigenvalue weighted by atomic mass is 16.5. The van der Waals surface area contributed by atoms with E-state index in [0.29, 0.717) is 6.10 Å². The van der Waals surface area contributed by atoms with Crippen molar-refractivity contribution in [1.82, 2.24) is 0 Å². The quantitative estimate of drug-likeness (QED) is 0.893. The highest BCUT2D eigenvalue weighted by Gasteiger charge is 2.44. The van der Waals surface area contributed by atoms with Gasteiger partial charge in [-0.3, -0.25) is 0 Å². The Kier molecular flexibility index (Phi) is 2.92. The molecule has 3 heteroatoms. The van der Waals surface area contributed by atoms with Gasteiger partial charge in [0.05, 0.1) is 6.10 Å². The van der Waals surface area contributed by atoms with Crippen molar-refractivity contribution in [3.05, 3.63) is 23.8 Å². The molecule has 1 heterocycles. The molecule has 0 bridgehead atoms. The van der Waals surface area contributed by atoms with Gasteiger partial charge in [-0.05, 0) is 51.0 Å². The van der Waals surface area contributed by atoms with Crippen molar-refractivity contribution >= 4 is 0 Å². The Morgan fingerprint density at radius 3 is 2.65 bits per heavy atom. The molecule has 2 N–H and O–H groups in total. The normalized spacial score (nSPS) is 27.8. The zero-order chi connectivity index (χ0) is 13.6. The van der Waals surface area contributed by atoms with Crippen molar-refractivity contribution in [2.24, 2.45) is 5.73 Å². The van der Waals surface area contributed by atoms with E-state index in [4.69, 9.17) is 15.2 Å². The van der Waals surface area contributed by atoms with Gasteiger partial charge in [0.15, 0.2) is 0 Å². The summed E-state index contributed by atoms with van der Waals surface area (Å²) >= 11 is 0. The maximum Gasteiger partial charge on any atom is 0.128 e. The summed E-state index contributed by atoms with van der Waals surface area (Å²) < 4.78 is 12.3. The van der Waals surface area contributed by atoms with Crippen LogP contribution in [0.2, 0.25) is 0 Å². The van der Waals surface area contributed by atoms with Gasteiger partial charge in [-0.15, -0.1) is 0 Å². The van der Waals surface area contributed by atoms with E-state index in [1.54, 1.807) is 0 Å². The first-order chi connectivity index (χ1) is 9.74. The first kappa shape index (κ1) is 12.5. The third-order valence-corrected chi connectivity index (χ3v) is 5.17. The molecule has 3 aliphatic rings. The maximum atomic E-state index is 6.32. The fourth-order valence-electron chi connectivity index (χ4n) is 3.84. The van der Waals surface area contributed by atoms with Crippen LogP contribution in [0.25, 0.3) is 0 Å². The van der Waals surface area contributed by atoms with Gasteiger partial charge < -0.3 is 15.2 Å². The second kappa shape index (κ2) is 4.66. The number of hydrogen-bond donors (Lipinski definition) is 1. The fraction of sp³-hybridized carbons (Fsp3) is 0.647. The lowest BCUT2D eigenvalue weighted by molar-refractivity contribution is -0.0331. The van der Waals surface area contributed by atoms with Crippen molar-refractivity contribution in [3.63, 3.8) is 0 Å². The minimum Gasteiger partial charge on any atom is -0.490 e. The lowest BCUT2D eigenvalue weighted by Gasteiger charge is -2.47. The third-order valence-electron chi connectivity index (χ3n) is 5.17. The van der Waals surface area contributed by atoms with Gasteiger partial charge in [0.25, 0.3) is 0 Å². The van der Waals surface area contributed by atoms with Crippen LogP contribution < -0.4 is 15.2 Å². The number of ether oxygens (including phenoxy) is 2. The van der Waals surface area contributed by atoms with Crippen LogP contribution in [0.4, 0.5) is 0 Å². The number of benzene rings is 1. The van der Waals surface area contributed by atoms with Gasteiger partial charge in [0.2, 0.25) is 0 Å². The van der Waals surface area contributed by atoms with Gasteiger partial charge in [0, 0.05) is 24.1 Å². The van der Waals surface area contributed by atoms with E-state index < -0.39 is 0 Å². The maximum absolute atomic E-state index is 6.32. The van der Waals surface area contributed by atoms with Crippen molar-refractivity contribution in [2.75, 3.05) is 0 Å². The number of fused-ring (bicyclic) bond motifs is 1. The van der Waals surface area contributed by atoms with Crippen molar-refractivity contribution in [3.8, 4) is 11.5 Å². The van der Waals surface area contributed by atoms with Crippen molar-refractivity contribution in [1.29, 1.82) is 0 Å². The van der Waals surface area contributed by atoms with Gasteiger partial charge in [-0.2, -0.15) is 0 Å². The predicted molar refractivity (Wildman–Crippen MR) is 78.1 cm³/mol. The molecule has 0 aromatic heterocycles. The molecular formula is C17H23NO2. The molecule has 1 unspecified atom stereocenters. The van der Waals surface area contributed by atoms with E-state index in [9.17, 15) is 0 Å². The van der Waals surface area contributed by atoms with Gasteiger partial charge in [0.1, 0.15) is 17.1 Å². The highest BCUT2D eigenvalue weighted by molar-refractivity contribution is 5.45. The van der Waals surface area contributed by atoms with Crippen molar-refractivity contribution in [2.45, 2.75) is 69.1 Å². The number of hydrogen-bond acceptors (Lipinski definition) is 3. The Morgan fingerprint density at radius 1 is 1.15 bits per heavy atom. The standard InChI is InChI=1S/C17H23NO2/c18-15-11-17(8-3-9-17)20-16-10-13(6-7-14(15)16)19-12-4-1-2-5-12/h6-7,10,12,15H,1-5,8-9,11,18H2. The molecule has 4 rings (SSSR count). The Hall–Kier alpha value is -1.22. The van der Waals surface area contributed by atoms with E-state index in [1.165, 1.54) is 32.1 Å². The first-order valence-corrected chi connectivity index (χ1v) is 7.99. The average Bonchev–Trinajstić information content (AvgIpc) is 2.89. The molecule has 3 nitrogen and oxygen atoms in total. The molecule has 1 aliphatic heterocycles. The van der Waals surface area contributed by atoms with E-state index in [0.717, 1.165) is 36.3 Å². The fourth-order valence-corrected chi connectivity index (χ4v) is 3.84. The molecule has 108 valence electrons. The van der Waals surface area contributed by atoms with Crippen LogP contribution >= 0.6 is 0 Å². The first-order valence-electron chi connectivity index (χ1n) is 7.99. The summed E-state index contributed by atoms with van der Waals surface area (Å²) in [5.41, 5.74) is 7.49. The molecule has 2 fully saturated rings. The summed E-state index contributed by atoms with van der Waals surface area (Å²) in [7, 11) is 0. The molecule has 20 heavy (non-hydrogen) atoms. The molecule has 1 aromatic rings. The minimum absolute atomic E-state index is 0.0262. The second-order valence-electron chi connectivity index (χ2n) is 6.67. The summed E-state index contributed by atoms with van der Waals surface area (Å²) in [5, 5.41) is 0. The number of rotatable bonds is 2. The summed E-state index contributed by atoms with van der Waals surface area (Å²) in [6.45, 7) is 0. The predicted octanol–water partition coefficient (Wildman–Crippen LogP) is 3.71. The molecular weight excluding hydrogens is 250 g/mol. The Labute approximate surface area is 120 Å². The van der Waals surface area contributed by atoms with Gasteiger partial charge in [-0.1, -0.05) is 6.07 Å². The van der Waals surface area contributed by atoms with Crippen LogP contribution in [0.3, 0.4) is 0 Å². The molecule has 1 atom stereocenters. The molecule has 0 radical (unpaired) electrons. The molecule has 0 amide bonds.